The Kier molecular flexibility index (Phi) is 7.45. The highest BCUT2D eigenvalue weighted by molar-refractivity contribution is 6.10. The van der Waals surface area contributed by atoms with Crippen LogP contribution in [-0.4, -0.2) is 68.3 Å². The lowest BCUT2D eigenvalue weighted by molar-refractivity contribution is 0.0323. The van der Waals surface area contributed by atoms with E-state index in [1.807, 2.05) is 42.5 Å². The molecule has 0 atom stereocenters. The molecule has 184 valence electrons. The number of morpholine rings is 1. The van der Waals surface area contributed by atoms with Crippen LogP contribution in [0.4, 0.5) is 11.5 Å². The molecule has 2 aliphatic heterocycles. The van der Waals surface area contributed by atoms with Gasteiger partial charge < -0.3 is 19.7 Å². The Morgan fingerprint density at radius 3 is 2.63 bits per heavy atom. The molecule has 3 aromatic rings. The molecule has 0 spiro atoms. The van der Waals surface area contributed by atoms with Gasteiger partial charge in [0.05, 0.1) is 13.2 Å². The van der Waals surface area contributed by atoms with Gasteiger partial charge in [0, 0.05) is 60.9 Å². The van der Waals surface area contributed by atoms with Gasteiger partial charge in [0.1, 0.15) is 18.2 Å². The molecule has 7 heteroatoms. The summed E-state index contributed by atoms with van der Waals surface area (Å²) in [5, 5.41) is 5.06. The summed E-state index contributed by atoms with van der Waals surface area (Å²) in [7, 11) is 0. The molecule has 35 heavy (non-hydrogen) atoms. The van der Waals surface area contributed by atoms with Gasteiger partial charge in [-0.05, 0) is 43.0 Å². The number of ether oxygens (including phenoxy) is 2. The van der Waals surface area contributed by atoms with Crippen LogP contribution in [0.1, 0.15) is 30.1 Å². The standard InChI is InChI=1S/C28H34N4O3/c1-21-9-12-32(13-10-21)27-20-22(8-11-29-27)28(33)30-25-6-7-26(24-5-3-2-4-23(24)25)35-19-16-31-14-17-34-18-15-31/h2-8,11,20-21H,9-10,12-19H2,1H3,(H,30,33). The fourth-order valence-corrected chi connectivity index (χ4v) is 4.78. The van der Waals surface area contributed by atoms with Crippen LogP contribution in [0.3, 0.4) is 0 Å². The number of pyridine rings is 1. The van der Waals surface area contributed by atoms with Crippen LogP contribution < -0.4 is 15.0 Å². The smallest absolute Gasteiger partial charge is 0.255 e. The maximum Gasteiger partial charge on any atom is 0.255 e. The van der Waals surface area contributed by atoms with Gasteiger partial charge in [0.15, 0.2) is 0 Å². The largest absolute Gasteiger partial charge is 0.492 e. The SMILES string of the molecule is CC1CCN(c2cc(C(=O)Nc3ccc(OCCN4CCOCC4)c4ccccc34)ccn2)CC1. The third-order valence-electron chi connectivity index (χ3n) is 7.02. The summed E-state index contributed by atoms with van der Waals surface area (Å²) in [6, 6.07) is 15.6. The maximum atomic E-state index is 13.2. The molecule has 0 unspecified atom stereocenters. The number of hydrogen-bond donors (Lipinski definition) is 1. The second-order valence-electron chi connectivity index (χ2n) is 9.49. The lowest BCUT2D eigenvalue weighted by atomic mass is 9.99. The van der Waals surface area contributed by atoms with Gasteiger partial charge >= 0.3 is 0 Å². The van der Waals surface area contributed by atoms with Crippen molar-refractivity contribution in [1.29, 1.82) is 0 Å². The minimum Gasteiger partial charge on any atom is -0.492 e. The van der Waals surface area contributed by atoms with Crippen LogP contribution in [-0.2, 0) is 4.74 Å². The molecule has 7 nitrogen and oxygen atoms in total. The van der Waals surface area contributed by atoms with Crippen molar-refractivity contribution in [3.05, 3.63) is 60.3 Å². The van der Waals surface area contributed by atoms with Crippen molar-refractivity contribution in [2.24, 2.45) is 5.92 Å². The Balaban J connectivity index is 1.28. The Morgan fingerprint density at radius 2 is 1.83 bits per heavy atom. The summed E-state index contributed by atoms with van der Waals surface area (Å²) in [5.41, 5.74) is 1.39. The van der Waals surface area contributed by atoms with Crippen LogP contribution >= 0.6 is 0 Å². The highest BCUT2D eigenvalue weighted by atomic mass is 16.5. The van der Waals surface area contributed by atoms with Crippen LogP contribution in [0.2, 0.25) is 0 Å². The van der Waals surface area contributed by atoms with Gasteiger partial charge in [-0.2, -0.15) is 0 Å². The highest BCUT2D eigenvalue weighted by Gasteiger charge is 2.19. The first-order chi connectivity index (χ1) is 17.2. The first-order valence-corrected chi connectivity index (χ1v) is 12.6. The van der Waals surface area contributed by atoms with Gasteiger partial charge in [-0.1, -0.05) is 31.2 Å². The number of anilines is 2. The lowest BCUT2D eigenvalue weighted by Gasteiger charge is -2.31. The zero-order valence-corrected chi connectivity index (χ0v) is 20.4. The fourth-order valence-electron chi connectivity index (χ4n) is 4.78. The number of amides is 1. The summed E-state index contributed by atoms with van der Waals surface area (Å²) in [4.78, 5) is 22.3. The van der Waals surface area contributed by atoms with Crippen molar-refractivity contribution >= 4 is 28.2 Å². The number of benzene rings is 2. The van der Waals surface area contributed by atoms with Gasteiger partial charge in [-0.25, -0.2) is 4.98 Å². The molecule has 1 N–H and O–H groups in total. The average Bonchev–Trinajstić information content (AvgIpc) is 2.91. The molecule has 1 amide bonds. The minimum absolute atomic E-state index is 0.134. The molecule has 0 bridgehead atoms. The van der Waals surface area contributed by atoms with Crippen molar-refractivity contribution in [1.82, 2.24) is 9.88 Å². The van der Waals surface area contributed by atoms with E-state index in [2.05, 4.69) is 27.0 Å². The number of rotatable bonds is 7. The van der Waals surface area contributed by atoms with Crippen molar-refractivity contribution < 1.29 is 14.3 Å². The van der Waals surface area contributed by atoms with E-state index in [1.54, 1.807) is 12.3 Å². The topological polar surface area (TPSA) is 66.9 Å². The zero-order chi connectivity index (χ0) is 24.0. The number of fused-ring (bicyclic) bond motifs is 1. The van der Waals surface area contributed by atoms with E-state index >= 15 is 0 Å². The summed E-state index contributed by atoms with van der Waals surface area (Å²) in [6.07, 6.45) is 4.04. The van der Waals surface area contributed by atoms with E-state index in [-0.39, 0.29) is 5.91 Å². The molecule has 2 fully saturated rings. The van der Waals surface area contributed by atoms with Gasteiger partial charge in [-0.3, -0.25) is 9.69 Å². The summed E-state index contributed by atoms with van der Waals surface area (Å²) in [5.74, 6) is 2.32. The van der Waals surface area contributed by atoms with Crippen LogP contribution in [0.25, 0.3) is 10.8 Å². The zero-order valence-electron chi connectivity index (χ0n) is 20.4. The quantitative estimate of drug-likeness (QED) is 0.546. The third-order valence-corrected chi connectivity index (χ3v) is 7.02. The van der Waals surface area contributed by atoms with Crippen molar-refractivity contribution in [3.8, 4) is 5.75 Å². The molecule has 3 heterocycles. The Hall–Kier alpha value is -3.16. The van der Waals surface area contributed by atoms with E-state index < -0.39 is 0 Å². The first kappa shape index (κ1) is 23.6. The molecule has 0 aliphatic carbocycles. The molecule has 0 saturated carbocycles. The summed E-state index contributed by atoms with van der Waals surface area (Å²) >= 11 is 0. The third kappa shape index (κ3) is 5.74. The number of hydrogen-bond acceptors (Lipinski definition) is 6. The number of nitrogens with one attached hydrogen (secondary N) is 1. The molecule has 0 radical (unpaired) electrons. The molecule has 2 saturated heterocycles. The van der Waals surface area contributed by atoms with Gasteiger partial charge in [0.25, 0.3) is 5.91 Å². The molecule has 1 aromatic heterocycles. The Bertz CT molecular complexity index is 1150. The molecular weight excluding hydrogens is 440 g/mol. The lowest BCUT2D eigenvalue weighted by Crippen LogP contribution is -2.38. The summed E-state index contributed by atoms with van der Waals surface area (Å²) < 4.78 is 11.6. The number of carbonyl (C=O) groups excluding carboxylic acids is 1. The fraction of sp³-hybridized carbons (Fsp3) is 0.429. The monoisotopic (exact) mass is 474 g/mol. The predicted molar refractivity (Wildman–Crippen MR) is 140 cm³/mol. The van der Waals surface area contributed by atoms with E-state index in [0.29, 0.717) is 12.2 Å². The van der Waals surface area contributed by atoms with E-state index in [1.165, 1.54) is 0 Å². The normalized spacial score (nSPS) is 17.5. The molecule has 5 rings (SSSR count). The van der Waals surface area contributed by atoms with Crippen molar-refractivity contribution in [2.45, 2.75) is 19.8 Å². The molecule has 2 aromatic carbocycles. The molecule has 2 aliphatic rings. The van der Waals surface area contributed by atoms with E-state index in [0.717, 1.165) is 92.7 Å². The van der Waals surface area contributed by atoms with Gasteiger partial charge in [-0.15, -0.1) is 0 Å². The van der Waals surface area contributed by atoms with Crippen LogP contribution in [0.15, 0.2) is 54.7 Å². The van der Waals surface area contributed by atoms with Crippen LogP contribution in [0.5, 0.6) is 5.75 Å². The maximum absolute atomic E-state index is 13.2. The second-order valence-corrected chi connectivity index (χ2v) is 9.49. The number of carbonyl (C=O) groups is 1. The van der Waals surface area contributed by atoms with E-state index in [9.17, 15) is 4.79 Å². The summed E-state index contributed by atoms with van der Waals surface area (Å²) in [6.45, 7) is 9.21. The number of nitrogens with zero attached hydrogens (tertiary/aromatic N) is 3. The Labute approximate surface area is 207 Å². The molecular formula is C28H34N4O3. The van der Waals surface area contributed by atoms with Crippen molar-refractivity contribution in [2.75, 3.05) is 62.8 Å². The van der Waals surface area contributed by atoms with E-state index in [4.69, 9.17) is 9.47 Å². The first-order valence-electron chi connectivity index (χ1n) is 12.6. The Morgan fingerprint density at radius 1 is 1.06 bits per heavy atom. The van der Waals surface area contributed by atoms with Gasteiger partial charge in [0.2, 0.25) is 0 Å². The number of aromatic nitrogens is 1. The minimum atomic E-state index is -0.134. The second kappa shape index (κ2) is 11.1. The predicted octanol–water partition coefficient (Wildman–Crippen LogP) is 4.43. The van der Waals surface area contributed by atoms with Crippen LogP contribution in [0, 0.1) is 5.92 Å². The highest BCUT2D eigenvalue weighted by Crippen LogP contribution is 2.32. The number of piperidine rings is 1. The van der Waals surface area contributed by atoms with Crippen molar-refractivity contribution in [3.63, 3.8) is 0 Å². The average molecular weight is 475 g/mol.